The van der Waals surface area contributed by atoms with E-state index in [4.69, 9.17) is 15.2 Å². The molecule has 1 amide bonds. The number of hydrogen-bond donors (Lipinski definition) is 2. The van der Waals surface area contributed by atoms with Crippen molar-refractivity contribution < 1.29 is 24.1 Å². The van der Waals surface area contributed by atoms with Crippen LogP contribution in [-0.2, 0) is 16.1 Å². The molecule has 0 radical (unpaired) electrons. The van der Waals surface area contributed by atoms with E-state index in [0.717, 1.165) is 11.3 Å². The molecular formula is C13H17NO5. The van der Waals surface area contributed by atoms with Crippen LogP contribution in [0.3, 0.4) is 0 Å². The van der Waals surface area contributed by atoms with Gasteiger partial charge in [0, 0.05) is 19.4 Å². The van der Waals surface area contributed by atoms with Crippen molar-refractivity contribution in [2.24, 2.45) is 5.73 Å². The number of nitrogens with two attached hydrogens (primary N) is 1. The standard InChI is InChI=1S/C13H17NO5/c1-13(2)18-6-9-5-8(3-4-11(9)19-13)10(15)7-17-12(14)16/h3-5,10,15H,6-7H2,1-2H3,(H2,14,16)/t10-/m0/s1. The Morgan fingerprint density at radius 3 is 3.00 bits per heavy atom. The second-order valence-electron chi connectivity index (χ2n) is 4.80. The Balaban J connectivity index is 2.11. The molecule has 0 spiro atoms. The summed E-state index contributed by atoms with van der Waals surface area (Å²) in [5.41, 5.74) is 6.31. The van der Waals surface area contributed by atoms with Crippen LogP contribution in [0.4, 0.5) is 4.79 Å². The zero-order valence-corrected chi connectivity index (χ0v) is 10.9. The number of aliphatic hydroxyl groups excluding tert-OH is 1. The van der Waals surface area contributed by atoms with Crippen molar-refractivity contribution in [3.63, 3.8) is 0 Å². The molecule has 6 heteroatoms. The number of carbonyl (C=O) groups is 1. The molecule has 1 aromatic carbocycles. The molecule has 1 atom stereocenters. The van der Waals surface area contributed by atoms with Crippen LogP contribution in [0.2, 0.25) is 0 Å². The van der Waals surface area contributed by atoms with E-state index in [-0.39, 0.29) is 6.61 Å². The third kappa shape index (κ3) is 3.36. The summed E-state index contributed by atoms with van der Waals surface area (Å²) in [6.07, 6.45) is -1.84. The zero-order chi connectivity index (χ0) is 14.0. The molecule has 3 N–H and O–H groups in total. The van der Waals surface area contributed by atoms with E-state index < -0.39 is 18.0 Å². The van der Waals surface area contributed by atoms with Crippen LogP contribution in [0.15, 0.2) is 18.2 Å². The number of ether oxygens (including phenoxy) is 3. The lowest BCUT2D eigenvalue weighted by Gasteiger charge is -2.32. The van der Waals surface area contributed by atoms with Gasteiger partial charge in [-0.2, -0.15) is 0 Å². The maximum absolute atomic E-state index is 10.5. The summed E-state index contributed by atoms with van der Waals surface area (Å²) < 4.78 is 15.7. The maximum atomic E-state index is 10.5. The molecule has 6 nitrogen and oxygen atoms in total. The molecule has 1 aliphatic heterocycles. The molecule has 1 aliphatic rings. The van der Waals surface area contributed by atoms with E-state index in [0.29, 0.717) is 12.2 Å². The van der Waals surface area contributed by atoms with Crippen LogP contribution in [0.1, 0.15) is 31.1 Å². The molecule has 0 aliphatic carbocycles. The molecule has 0 bridgehead atoms. The number of amides is 1. The molecule has 0 saturated carbocycles. The predicted octanol–water partition coefficient (Wildman–Crippen LogP) is 1.46. The number of hydrogen-bond acceptors (Lipinski definition) is 5. The Morgan fingerprint density at radius 1 is 1.58 bits per heavy atom. The van der Waals surface area contributed by atoms with Crippen molar-refractivity contribution in [1.29, 1.82) is 0 Å². The van der Waals surface area contributed by atoms with Gasteiger partial charge >= 0.3 is 6.09 Å². The SMILES string of the molecule is CC1(C)OCc2cc([C@@H](O)COC(N)=O)ccc2O1. The van der Waals surface area contributed by atoms with Crippen LogP contribution in [-0.4, -0.2) is 23.6 Å². The molecule has 0 aromatic heterocycles. The predicted molar refractivity (Wildman–Crippen MR) is 66.4 cm³/mol. The van der Waals surface area contributed by atoms with Gasteiger partial charge in [0.05, 0.1) is 6.61 Å². The Labute approximate surface area is 111 Å². The minimum Gasteiger partial charge on any atom is -0.463 e. The molecular weight excluding hydrogens is 250 g/mol. The first kappa shape index (κ1) is 13.6. The fourth-order valence-corrected chi connectivity index (χ4v) is 1.82. The third-order valence-corrected chi connectivity index (χ3v) is 2.78. The number of carbonyl (C=O) groups excluding carboxylic acids is 1. The average molecular weight is 267 g/mol. The molecule has 19 heavy (non-hydrogen) atoms. The first-order chi connectivity index (χ1) is 8.87. The number of benzene rings is 1. The van der Waals surface area contributed by atoms with Crippen molar-refractivity contribution >= 4 is 6.09 Å². The summed E-state index contributed by atoms with van der Waals surface area (Å²) in [4.78, 5) is 10.5. The van der Waals surface area contributed by atoms with E-state index in [9.17, 15) is 9.90 Å². The van der Waals surface area contributed by atoms with E-state index >= 15 is 0 Å². The van der Waals surface area contributed by atoms with Crippen molar-refractivity contribution in [2.75, 3.05) is 6.61 Å². The van der Waals surface area contributed by atoms with Crippen molar-refractivity contribution in [2.45, 2.75) is 32.3 Å². The van der Waals surface area contributed by atoms with Gasteiger partial charge in [-0.25, -0.2) is 4.79 Å². The largest absolute Gasteiger partial charge is 0.463 e. The van der Waals surface area contributed by atoms with Crippen LogP contribution in [0.5, 0.6) is 5.75 Å². The zero-order valence-electron chi connectivity index (χ0n) is 10.9. The van der Waals surface area contributed by atoms with Gasteiger partial charge in [0.1, 0.15) is 18.5 Å². The summed E-state index contributed by atoms with van der Waals surface area (Å²) >= 11 is 0. The first-order valence-electron chi connectivity index (χ1n) is 5.93. The quantitative estimate of drug-likeness (QED) is 0.865. The maximum Gasteiger partial charge on any atom is 0.404 e. The van der Waals surface area contributed by atoms with E-state index in [2.05, 4.69) is 4.74 Å². The van der Waals surface area contributed by atoms with Crippen LogP contribution in [0, 0.1) is 0 Å². The normalized spacial score (nSPS) is 18.1. The fourth-order valence-electron chi connectivity index (χ4n) is 1.82. The van der Waals surface area contributed by atoms with Gasteiger partial charge in [-0.05, 0) is 17.7 Å². The lowest BCUT2D eigenvalue weighted by molar-refractivity contribution is -0.180. The Hall–Kier alpha value is -1.79. The highest BCUT2D eigenvalue weighted by atomic mass is 16.7. The average Bonchev–Trinajstić information content (AvgIpc) is 2.34. The van der Waals surface area contributed by atoms with E-state index in [1.165, 1.54) is 0 Å². The summed E-state index contributed by atoms with van der Waals surface area (Å²) in [5, 5.41) is 9.86. The van der Waals surface area contributed by atoms with E-state index in [1.54, 1.807) is 18.2 Å². The number of fused-ring (bicyclic) bond motifs is 1. The lowest BCUT2D eigenvalue weighted by Crippen LogP contribution is -2.35. The molecule has 2 rings (SSSR count). The van der Waals surface area contributed by atoms with Crippen LogP contribution >= 0.6 is 0 Å². The first-order valence-corrected chi connectivity index (χ1v) is 5.93. The third-order valence-electron chi connectivity index (χ3n) is 2.78. The van der Waals surface area contributed by atoms with Crippen molar-refractivity contribution in [3.8, 4) is 5.75 Å². The summed E-state index contributed by atoms with van der Waals surface area (Å²) in [6.45, 7) is 3.89. The van der Waals surface area contributed by atoms with Crippen LogP contribution in [0.25, 0.3) is 0 Å². The lowest BCUT2D eigenvalue weighted by atomic mass is 10.0. The molecule has 0 unspecified atom stereocenters. The van der Waals surface area contributed by atoms with Gasteiger partial charge in [0.15, 0.2) is 0 Å². The number of aliphatic hydroxyl groups is 1. The number of primary amides is 1. The van der Waals surface area contributed by atoms with Gasteiger partial charge in [0.25, 0.3) is 0 Å². The Kier molecular flexibility index (Phi) is 3.64. The molecule has 104 valence electrons. The van der Waals surface area contributed by atoms with Crippen molar-refractivity contribution in [1.82, 2.24) is 0 Å². The second-order valence-corrected chi connectivity index (χ2v) is 4.80. The molecule has 1 heterocycles. The topological polar surface area (TPSA) is 91.0 Å². The minimum absolute atomic E-state index is 0.179. The van der Waals surface area contributed by atoms with Crippen molar-refractivity contribution in [3.05, 3.63) is 29.3 Å². The second kappa shape index (κ2) is 5.07. The van der Waals surface area contributed by atoms with Gasteiger partial charge in [-0.1, -0.05) is 6.07 Å². The summed E-state index contributed by atoms with van der Waals surface area (Å²) in [5.74, 6) is 0.0744. The Morgan fingerprint density at radius 2 is 2.32 bits per heavy atom. The van der Waals surface area contributed by atoms with E-state index in [1.807, 2.05) is 13.8 Å². The highest BCUT2D eigenvalue weighted by Crippen LogP contribution is 2.32. The monoisotopic (exact) mass is 267 g/mol. The molecule has 0 saturated heterocycles. The van der Waals surface area contributed by atoms with Gasteiger partial charge < -0.3 is 25.1 Å². The van der Waals surface area contributed by atoms with Gasteiger partial charge in [0.2, 0.25) is 5.79 Å². The minimum atomic E-state index is -0.923. The summed E-state index contributed by atoms with van der Waals surface area (Å²) in [6, 6.07) is 5.25. The van der Waals surface area contributed by atoms with Crippen LogP contribution < -0.4 is 10.5 Å². The fraction of sp³-hybridized carbons (Fsp3) is 0.462. The number of rotatable bonds is 3. The highest BCUT2D eigenvalue weighted by Gasteiger charge is 2.27. The molecule has 1 aromatic rings. The summed E-state index contributed by atoms with van der Waals surface area (Å²) in [7, 11) is 0. The van der Waals surface area contributed by atoms with Gasteiger partial charge in [-0.15, -0.1) is 0 Å². The van der Waals surface area contributed by atoms with Gasteiger partial charge in [-0.3, -0.25) is 0 Å². The molecule has 0 fully saturated rings. The smallest absolute Gasteiger partial charge is 0.404 e. The highest BCUT2D eigenvalue weighted by molar-refractivity contribution is 5.64. The Bertz CT molecular complexity index is 486.